The Morgan fingerprint density at radius 1 is 1.18 bits per heavy atom. The first-order valence-electron chi connectivity index (χ1n) is 9.33. The van der Waals surface area contributed by atoms with E-state index in [1.165, 1.54) is 25.0 Å². The Labute approximate surface area is 172 Å². The summed E-state index contributed by atoms with van der Waals surface area (Å²) < 4.78 is 13.9. The lowest BCUT2D eigenvalue weighted by atomic mass is 10.1. The SMILES string of the molecule is CC(CC(=O)Nc1cccc(N2CCCC2)c1)NC(=O)c1cc(F)ccc1Br. The predicted molar refractivity (Wildman–Crippen MR) is 112 cm³/mol. The average Bonchev–Trinajstić information content (AvgIpc) is 3.18. The second-order valence-electron chi connectivity index (χ2n) is 7.00. The van der Waals surface area contributed by atoms with Gasteiger partial charge in [-0.2, -0.15) is 0 Å². The van der Waals surface area contributed by atoms with Crippen LogP contribution in [0.2, 0.25) is 0 Å². The smallest absolute Gasteiger partial charge is 0.252 e. The molecule has 2 amide bonds. The molecule has 0 aromatic heterocycles. The summed E-state index contributed by atoms with van der Waals surface area (Å²) in [5, 5.41) is 5.62. The second kappa shape index (κ2) is 9.19. The van der Waals surface area contributed by atoms with E-state index in [1.54, 1.807) is 6.92 Å². The van der Waals surface area contributed by atoms with Crippen molar-refractivity contribution < 1.29 is 14.0 Å². The van der Waals surface area contributed by atoms with E-state index in [9.17, 15) is 14.0 Å². The fourth-order valence-corrected chi connectivity index (χ4v) is 3.70. The number of nitrogens with one attached hydrogen (secondary N) is 2. The molecular formula is C21H23BrFN3O2. The molecule has 3 rings (SSSR count). The fourth-order valence-electron chi connectivity index (χ4n) is 3.27. The number of carbonyl (C=O) groups excluding carboxylic acids is 2. The van der Waals surface area contributed by atoms with Crippen LogP contribution in [0.15, 0.2) is 46.9 Å². The van der Waals surface area contributed by atoms with Crippen molar-refractivity contribution in [1.29, 1.82) is 0 Å². The molecule has 0 radical (unpaired) electrons. The largest absolute Gasteiger partial charge is 0.371 e. The maximum absolute atomic E-state index is 13.4. The van der Waals surface area contributed by atoms with Crippen molar-refractivity contribution >= 4 is 39.1 Å². The van der Waals surface area contributed by atoms with Crippen LogP contribution in [0.4, 0.5) is 15.8 Å². The van der Waals surface area contributed by atoms with Gasteiger partial charge in [-0.3, -0.25) is 9.59 Å². The van der Waals surface area contributed by atoms with Crippen molar-refractivity contribution in [3.63, 3.8) is 0 Å². The van der Waals surface area contributed by atoms with Crippen molar-refractivity contribution in [2.45, 2.75) is 32.2 Å². The van der Waals surface area contributed by atoms with Crippen LogP contribution >= 0.6 is 15.9 Å². The van der Waals surface area contributed by atoms with E-state index in [-0.39, 0.29) is 17.9 Å². The third-order valence-corrected chi connectivity index (χ3v) is 5.33. The van der Waals surface area contributed by atoms with E-state index in [0.717, 1.165) is 30.5 Å². The van der Waals surface area contributed by atoms with E-state index in [4.69, 9.17) is 0 Å². The molecule has 0 spiro atoms. The van der Waals surface area contributed by atoms with Gasteiger partial charge in [-0.25, -0.2) is 4.39 Å². The lowest BCUT2D eigenvalue weighted by Gasteiger charge is -2.19. The molecule has 1 aliphatic rings. The molecule has 1 saturated heterocycles. The Bertz CT molecular complexity index is 868. The third kappa shape index (κ3) is 5.32. The number of halogens is 2. The first kappa shape index (κ1) is 20.3. The van der Waals surface area contributed by atoms with Gasteiger partial charge in [-0.05, 0) is 72.1 Å². The number of carbonyl (C=O) groups is 2. The Hall–Kier alpha value is -2.41. The molecule has 148 valence electrons. The van der Waals surface area contributed by atoms with Crippen LogP contribution in [-0.4, -0.2) is 30.9 Å². The van der Waals surface area contributed by atoms with E-state index in [2.05, 4.69) is 31.5 Å². The van der Waals surface area contributed by atoms with Crippen molar-refractivity contribution in [2.24, 2.45) is 0 Å². The number of anilines is 2. The zero-order valence-corrected chi connectivity index (χ0v) is 17.3. The van der Waals surface area contributed by atoms with Gasteiger partial charge < -0.3 is 15.5 Å². The van der Waals surface area contributed by atoms with Crippen molar-refractivity contribution in [2.75, 3.05) is 23.3 Å². The summed E-state index contributed by atoms with van der Waals surface area (Å²) in [7, 11) is 0. The summed E-state index contributed by atoms with van der Waals surface area (Å²) in [6.45, 7) is 3.82. The molecule has 1 atom stereocenters. The summed E-state index contributed by atoms with van der Waals surface area (Å²) in [5.74, 6) is -1.11. The molecule has 28 heavy (non-hydrogen) atoms. The predicted octanol–water partition coefficient (Wildman–Crippen LogP) is 4.34. The Kier molecular flexibility index (Phi) is 6.67. The molecule has 2 aromatic rings. The van der Waals surface area contributed by atoms with Crippen LogP contribution in [-0.2, 0) is 4.79 Å². The number of benzene rings is 2. The van der Waals surface area contributed by atoms with Crippen LogP contribution in [0, 0.1) is 5.82 Å². The van der Waals surface area contributed by atoms with Crippen LogP contribution in [0.3, 0.4) is 0 Å². The lowest BCUT2D eigenvalue weighted by Crippen LogP contribution is -2.35. The average molecular weight is 448 g/mol. The first-order valence-corrected chi connectivity index (χ1v) is 10.1. The second-order valence-corrected chi connectivity index (χ2v) is 7.85. The van der Waals surface area contributed by atoms with Crippen LogP contribution < -0.4 is 15.5 Å². The number of amides is 2. The standard InChI is InChI=1S/C21H23BrFN3O2/c1-14(24-21(28)18-12-15(23)7-8-19(18)22)11-20(27)25-16-5-4-6-17(13-16)26-9-2-3-10-26/h4-8,12-14H,2-3,9-11H2,1H3,(H,24,28)(H,25,27). The van der Waals surface area contributed by atoms with Crippen LogP contribution in [0.5, 0.6) is 0 Å². The van der Waals surface area contributed by atoms with Gasteiger partial charge in [0.15, 0.2) is 0 Å². The summed E-state index contributed by atoms with van der Waals surface area (Å²) in [6.07, 6.45) is 2.50. The van der Waals surface area contributed by atoms with Crippen molar-refractivity contribution in [3.8, 4) is 0 Å². The molecule has 2 aromatic carbocycles. The monoisotopic (exact) mass is 447 g/mol. The Balaban J connectivity index is 1.55. The fraction of sp³-hybridized carbons (Fsp3) is 0.333. The highest BCUT2D eigenvalue weighted by Gasteiger charge is 2.17. The normalized spacial score (nSPS) is 14.6. The van der Waals surface area contributed by atoms with Gasteiger partial charge in [0.2, 0.25) is 5.91 Å². The van der Waals surface area contributed by atoms with Gasteiger partial charge >= 0.3 is 0 Å². The van der Waals surface area contributed by atoms with Crippen LogP contribution in [0.1, 0.15) is 36.5 Å². The molecule has 0 bridgehead atoms. The van der Waals surface area contributed by atoms with Crippen molar-refractivity contribution in [1.82, 2.24) is 5.32 Å². The number of hydrogen-bond acceptors (Lipinski definition) is 3. The Morgan fingerprint density at radius 3 is 2.68 bits per heavy atom. The zero-order valence-electron chi connectivity index (χ0n) is 15.7. The summed E-state index contributed by atoms with van der Waals surface area (Å²) >= 11 is 3.24. The van der Waals surface area contributed by atoms with Gasteiger partial charge in [-0.15, -0.1) is 0 Å². The minimum absolute atomic E-state index is 0.118. The van der Waals surface area contributed by atoms with Gasteiger partial charge in [0.1, 0.15) is 5.82 Å². The molecule has 1 fully saturated rings. The van der Waals surface area contributed by atoms with Gasteiger partial charge in [0, 0.05) is 41.4 Å². The Morgan fingerprint density at radius 2 is 1.93 bits per heavy atom. The highest BCUT2D eigenvalue weighted by atomic mass is 79.9. The molecule has 1 aliphatic heterocycles. The minimum Gasteiger partial charge on any atom is -0.371 e. The van der Waals surface area contributed by atoms with Gasteiger partial charge in [0.05, 0.1) is 5.56 Å². The van der Waals surface area contributed by atoms with Crippen molar-refractivity contribution in [3.05, 3.63) is 58.3 Å². The number of hydrogen-bond donors (Lipinski definition) is 2. The van der Waals surface area contributed by atoms with E-state index in [0.29, 0.717) is 4.47 Å². The molecule has 0 saturated carbocycles. The molecule has 0 aliphatic carbocycles. The van der Waals surface area contributed by atoms with E-state index in [1.807, 2.05) is 24.3 Å². The van der Waals surface area contributed by atoms with E-state index < -0.39 is 17.8 Å². The van der Waals surface area contributed by atoms with Gasteiger partial charge in [-0.1, -0.05) is 6.07 Å². The number of nitrogens with zero attached hydrogens (tertiary/aromatic N) is 1. The molecule has 2 N–H and O–H groups in total. The quantitative estimate of drug-likeness (QED) is 0.692. The lowest BCUT2D eigenvalue weighted by molar-refractivity contribution is -0.116. The molecule has 7 heteroatoms. The summed E-state index contributed by atoms with van der Waals surface area (Å²) in [4.78, 5) is 27.0. The highest BCUT2D eigenvalue weighted by Crippen LogP contribution is 2.23. The van der Waals surface area contributed by atoms with Gasteiger partial charge in [0.25, 0.3) is 5.91 Å². The molecule has 5 nitrogen and oxygen atoms in total. The third-order valence-electron chi connectivity index (χ3n) is 4.64. The molecular weight excluding hydrogens is 425 g/mol. The number of rotatable bonds is 6. The maximum Gasteiger partial charge on any atom is 0.252 e. The summed E-state index contributed by atoms with van der Waals surface area (Å²) in [5.41, 5.74) is 2.04. The maximum atomic E-state index is 13.4. The summed E-state index contributed by atoms with van der Waals surface area (Å²) in [6, 6.07) is 11.3. The van der Waals surface area contributed by atoms with Crippen LogP contribution in [0.25, 0.3) is 0 Å². The minimum atomic E-state index is -0.489. The highest BCUT2D eigenvalue weighted by molar-refractivity contribution is 9.10. The zero-order chi connectivity index (χ0) is 20.1. The first-order chi connectivity index (χ1) is 13.4. The molecule has 1 heterocycles. The molecule has 1 unspecified atom stereocenters. The topological polar surface area (TPSA) is 61.4 Å². The van der Waals surface area contributed by atoms with E-state index >= 15 is 0 Å².